The van der Waals surface area contributed by atoms with Crippen molar-refractivity contribution in [2.24, 2.45) is 0 Å². The number of aliphatic hydroxyl groups excluding tert-OH is 2. The van der Waals surface area contributed by atoms with Crippen LogP contribution in [-0.2, 0) is 19.6 Å². The average Bonchev–Trinajstić information content (AvgIpc) is 2.47. The van der Waals surface area contributed by atoms with Crippen LogP contribution in [0.15, 0.2) is 0 Å². The number of aliphatic hydroxyl groups is 2. The first-order valence-corrected chi connectivity index (χ1v) is 5.88. The molecule has 0 aromatic carbocycles. The normalized spacial score (nSPS) is 27.9. The van der Waals surface area contributed by atoms with Crippen molar-refractivity contribution < 1.29 is 28.2 Å². The molecule has 2 atom stereocenters. The van der Waals surface area contributed by atoms with E-state index in [4.69, 9.17) is 10.2 Å². The number of ether oxygens (including phenoxy) is 1. The van der Waals surface area contributed by atoms with Gasteiger partial charge in [0.25, 0.3) is 0 Å². The Morgan fingerprint density at radius 3 is 2.27 bits per heavy atom. The summed E-state index contributed by atoms with van der Waals surface area (Å²) in [6.07, 6.45) is -2.20. The summed E-state index contributed by atoms with van der Waals surface area (Å²) in [7, 11) is -2.71. The first-order valence-electron chi connectivity index (χ1n) is 4.27. The molecule has 1 fully saturated rings. The fourth-order valence-electron chi connectivity index (χ4n) is 1.26. The molecule has 15 heavy (non-hydrogen) atoms. The highest BCUT2D eigenvalue weighted by molar-refractivity contribution is 7.89. The minimum absolute atomic E-state index is 0.194. The van der Waals surface area contributed by atoms with Crippen molar-refractivity contribution in [1.82, 2.24) is 4.31 Å². The summed E-state index contributed by atoms with van der Waals surface area (Å²) < 4.78 is 28.1. The molecule has 0 aromatic rings. The van der Waals surface area contributed by atoms with Gasteiger partial charge in [-0.1, -0.05) is 0 Å². The van der Waals surface area contributed by atoms with Crippen LogP contribution < -0.4 is 0 Å². The third-order valence-corrected chi connectivity index (χ3v) is 3.83. The predicted molar refractivity (Wildman–Crippen MR) is 49.4 cm³/mol. The lowest BCUT2D eigenvalue weighted by Gasteiger charge is -2.13. The first kappa shape index (κ1) is 12.4. The van der Waals surface area contributed by atoms with Crippen molar-refractivity contribution in [1.29, 1.82) is 0 Å². The highest BCUT2D eigenvalue weighted by Crippen LogP contribution is 2.14. The average molecular weight is 239 g/mol. The van der Waals surface area contributed by atoms with Crippen LogP contribution in [0.5, 0.6) is 0 Å². The van der Waals surface area contributed by atoms with E-state index in [1.54, 1.807) is 0 Å². The number of rotatable bonds is 3. The van der Waals surface area contributed by atoms with Crippen LogP contribution in [0, 0.1) is 0 Å². The molecule has 0 unspecified atom stereocenters. The van der Waals surface area contributed by atoms with Gasteiger partial charge in [-0.3, -0.25) is 4.79 Å². The summed E-state index contributed by atoms with van der Waals surface area (Å²) in [6, 6.07) is 0. The second-order valence-electron chi connectivity index (χ2n) is 3.28. The zero-order chi connectivity index (χ0) is 11.6. The van der Waals surface area contributed by atoms with Crippen molar-refractivity contribution in [2.45, 2.75) is 12.2 Å². The van der Waals surface area contributed by atoms with Gasteiger partial charge in [0.2, 0.25) is 10.0 Å². The predicted octanol–water partition coefficient (Wildman–Crippen LogP) is -2.47. The second-order valence-corrected chi connectivity index (χ2v) is 5.25. The van der Waals surface area contributed by atoms with Gasteiger partial charge in [0, 0.05) is 13.1 Å². The molecule has 1 saturated heterocycles. The van der Waals surface area contributed by atoms with E-state index in [9.17, 15) is 13.2 Å². The van der Waals surface area contributed by atoms with Crippen LogP contribution in [0.4, 0.5) is 0 Å². The topological polar surface area (TPSA) is 104 Å². The maximum absolute atomic E-state index is 11.5. The summed E-state index contributed by atoms with van der Waals surface area (Å²) in [4.78, 5) is 10.8. The maximum Gasteiger partial charge on any atom is 0.322 e. The molecule has 0 amide bonds. The standard InChI is InChI=1S/C7H13NO6S/c1-14-7(11)4-15(12,13)8-2-5(9)6(10)3-8/h5-6,9-10H,2-4H2,1H3/t5-,6+. The fraction of sp³-hybridized carbons (Fsp3) is 0.857. The Morgan fingerprint density at radius 2 is 1.87 bits per heavy atom. The number of carbonyl (C=O) groups excluding carboxylic acids is 1. The van der Waals surface area contributed by atoms with Gasteiger partial charge in [0.1, 0.15) is 0 Å². The highest BCUT2D eigenvalue weighted by Gasteiger charge is 2.37. The number of nitrogens with zero attached hydrogens (tertiary/aromatic N) is 1. The van der Waals surface area contributed by atoms with Gasteiger partial charge in [0.15, 0.2) is 5.75 Å². The molecule has 1 rings (SSSR count). The van der Waals surface area contributed by atoms with Crippen molar-refractivity contribution in [3.05, 3.63) is 0 Å². The zero-order valence-corrected chi connectivity index (χ0v) is 8.98. The Hall–Kier alpha value is -0.700. The van der Waals surface area contributed by atoms with E-state index in [1.165, 1.54) is 0 Å². The summed E-state index contributed by atoms with van der Waals surface area (Å²) in [5.41, 5.74) is 0. The third kappa shape index (κ3) is 2.88. The number of carbonyl (C=O) groups is 1. The lowest BCUT2D eigenvalue weighted by Crippen LogP contribution is -2.35. The maximum atomic E-state index is 11.5. The van der Waals surface area contributed by atoms with Crippen LogP contribution in [0.2, 0.25) is 0 Å². The largest absolute Gasteiger partial charge is 0.468 e. The van der Waals surface area contributed by atoms with Crippen LogP contribution in [0.1, 0.15) is 0 Å². The first-order chi connectivity index (χ1) is 6.86. The third-order valence-electron chi connectivity index (χ3n) is 2.15. The van der Waals surface area contributed by atoms with Crippen LogP contribution in [-0.4, -0.2) is 67.1 Å². The number of esters is 1. The molecule has 7 nitrogen and oxygen atoms in total. The van der Waals surface area contributed by atoms with Gasteiger partial charge >= 0.3 is 5.97 Å². The molecule has 0 bridgehead atoms. The monoisotopic (exact) mass is 239 g/mol. The Labute approximate surface area is 87.3 Å². The summed E-state index contributed by atoms with van der Waals surface area (Å²) in [5, 5.41) is 18.3. The van der Waals surface area contributed by atoms with Crippen LogP contribution in [0.3, 0.4) is 0 Å². The molecule has 1 aliphatic heterocycles. The van der Waals surface area contributed by atoms with E-state index < -0.39 is 34.0 Å². The summed E-state index contributed by atoms with van der Waals surface area (Å²) in [5.74, 6) is -1.64. The van der Waals surface area contributed by atoms with E-state index in [1.807, 2.05) is 0 Å². The molecule has 0 aliphatic carbocycles. The van der Waals surface area contributed by atoms with Crippen molar-refractivity contribution in [2.75, 3.05) is 26.0 Å². The molecular formula is C7H13NO6S. The summed E-state index contributed by atoms with van der Waals surface area (Å²) in [6.45, 7) is -0.388. The number of hydrogen-bond acceptors (Lipinski definition) is 6. The van der Waals surface area contributed by atoms with E-state index >= 15 is 0 Å². The molecule has 8 heteroatoms. The Morgan fingerprint density at radius 1 is 1.40 bits per heavy atom. The van der Waals surface area contributed by atoms with Gasteiger partial charge in [-0.05, 0) is 0 Å². The quantitative estimate of drug-likeness (QED) is 0.529. The van der Waals surface area contributed by atoms with Gasteiger partial charge in [0.05, 0.1) is 19.3 Å². The molecule has 0 saturated carbocycles. The minimum atomic E-state index is -3.80. The molecule has 0 spiro atoms. The Bertz CT molecular complexity index is 329. The molecular weight excluding hydrogens is 226 g/mol. The molecule has 88 valence electrons. The van der Waals surface area contributed by atoms with Gasteiger partial charge in [-0.25, -0.2) is 8.42 Å². The van der Waals surface area contributed by atoms with E-state index in [2.05, 4.69) is 4.74 Å². The second kappa shape index (κ2) is 4.44. The zero-order valence-electron chi connectivity index (χ0n) is 8.16. The van der Waals surface area contributed by atoms with Crippen molar-refractivity contribution in [3.63, 3.8) is 0 Å². The van der Waals surface area contributed by atoms with Crippen LogP contribution in [0.25, 0.3) is 0 Å². The van der Waals surface area contributed by atoms with Crippen LogP contribution >= 0.6 is 0 Å². The fourth-order valence-corrected chi connectivity index (χ4v) is 2.62. The molecule has 2 N–H and O–H groups in total. The highest BCUT2D eigenvalue weighted by atomic mass is 32.2. The molecule has 0 aromatic heterocycles. The molecule has 1 heterocycles. The summed E-state index contributed by atoms with van der Waals surface area (Å²) >= 11 is 0. The van der Waals surface area contributed by atoms with E-state index in [-0.39, 0.29) is 13.1 Å². The lowest BCUT2D eigenvalue weighted by atomic mass is 10.3. The molecule has 0 radical (unpaired) electrons. The Kier molecular flexibility index (Phi) is 3.66. The number of sulfonamides is 1. The molecule has 1 aliphatic rings. The van der Waals surface area contributed by atoms with E-state index in [0.717, 1.165) is 11.4 Å². The van der Waals surface area contributed by atoms with Gasteiger partial charge in [-0.15, -0.1) is 0 Å². The number of hydrogen-bond donors (Lipinski definition) is 2. The SMILES string of the molecule is COC(=O)CS(=O)(=O)N1C[C@@H](O)[C@@H](O)C1. The minimum Gasteiger partial charge on any atom is -0.468 e. The van der Waals surface area contributed by atoms with E-state index in [0.29, 0.717) is 0 Å². The Balaban J connectivity index is 2.68. The van der Waals surface area contributed by atoms with Crippen molar-refractivity contribution in [3.8, 4) is 0 Å². The number of β-amino-alcohol motifs (C(OH)–C–C–N with tert-alkyl or cyclic N) is 2. The van der Waals surface area contributed by atoms with Gasteiger partial charge < -0.3 is 14.9 Å². The van der Waals surface area contributed by atoms with Gasteiger partial charge in [-0.2, -0.15) is 4.31 Å². The smallest absolute Gasteiger partial charge is 0.322 e. The lowest BCUT2D eigenvalue weighted by molar-refractivity contribution is -0.137. The van der Waals surface area contributed by atoms with Crippen molar-refractivity contribution >= 4 is 16.0 Å². The number of methoxy groups -OCH3 is 1.